The fraction of sp³-hybridized carbons (Fsp3) is 0.286. The first kappa shape index (κ1) is 13.1. The maximum absolute atomic E-state index is 12.0. The molecule has 0 amide bonds. The molecule has 0 aliphatic heterocycles. The quantitative estimate of drug-likeness (QED) is 0.828. The van der Waals surface area contributed by atoms with Crippen LogP contribution < -0.4 is 9.47 Å². The molecule has 0 N–H and O–H groups in total. The minimum atomic E-state index is -0.615. The molecule has 5 nitrogen and oxygen atoms in total. The van der Waals surface area contributed by atoms with Gasteiger partial charge in [0.1, 0.15) is 6.33 Å². The van der Waals surface area contributed by atoms with E-state index < -0.39 is 6.10 Å². The van der Waals surface area contributed by atoms with Gasteiger partial charge in [-0.25, -0.2) is 4.98 Å². The molecule has 0 aliphatic carbocycles. The lowest BCUT2D eigenvalue weighted by atomic mass is 10.3. The number of imidazole rings is 1. The Morgan fingerprint density at radius 2 is 2.11 bits per heavy atom. The van der Waals surface area contributed by atoms with Gasteiger partial charge in [-0.3, -0.25) is 9.36 Å². The van der Waals surface area contributed by atoms with Crippen molar-refractivity contribution in [1.29, 1.82) is 0 Å². The molecule has 1 heterocycles. The first-order valence-electron chi connectivity index (χ1n) is 6.13. The van der Waals surface area contributed by atoms with Gasteiger partial charge in [-0.05, 0) is 26.0 Å². The monoisotopic (exact) mass is 260 g/mol. The summed E-state index contributed by atoms with van der Waals surface area (Å²) in [4.78, 5) is 15.9. The molecule has 1 atom stereocenters. The van der Waals surface area contributed by atoms with Crippen LogP contribution in [0.4, 0.5) is 0 Å². The molecular weight excluding hydrogens is 244 g/mol. The Hall–Kier alpha value is -2.30. The van der Waals surface area contributed by atoms with Crippen LogP contribution in [0.5, 0.6) is 11.5 Å². The van der Waals surface area contributed by atoms with Crippen LogP contribution >= 0.6 is 0 Å². The van der Waals surface area contributed by atoms with Gasteiger partial charge in [0.05, 0.1) is 6.61 Å². The molecule has 2 rings (SSSR count). The van der Waals surface area contributed by atoms with Crippen LogP contribution in [-0.2, 0) is 0 Å². The van der Waals surface area contributed by atoms with Crippen molar-refractivity contribution in [1.82, 2.24) is 9.55 Å². The Morgan fingerprint density at radius 3 is 2.74 bits per heavy atom. The number of nitrogens with zero attached hydrogens (tertiary/aromatic N) is 2. The standard InChI is InChI=1S/C14H16N2O3/c1-3-18-12-6-4-5-7-13(12)19-11(2)14(17)16-9-8-15-10-16/h4-11H,3H2,1-2H3. The second-order valence-corrected chi connectivity index (χ2v) is 3.95. The van der Waals surface area contributed by atoms with E-state index in [-0.39, 0.29) is 5.91 Å². The molecule has 0 radical (unpaired) electrons. The highest BCUT2D eigenvalue weighted by Gasteiger charge is 2.18. The van der Waals surface area contributed by atoms with Crippen molar-refractivity contribution in [2.45, 2.75) is 20.0 Å². The van der Waals surface area contributed by atoms with E-state index >= 15 is 0 Å². The van der Waals surface area contributed by atoms with Gasteiger partial charge in [-0.15, -0.1) is 0 Å². The second kappa shape index (κ2) is 6.04. The van der Waals surface area contributed by atoms with Gasteiger partial charge in [0.15, 0.2) is 17.6 Å². The number of benzene rings is 1. The van der Waals surface area contributed by atoms with E-state index in [0.29, 0.717) is 18.1 Å². The first-order valence-corrected chi connectivity index (χ1v) is 6.13. The normalized spacial score (nSPS) is 11.9. The zero-order chi connectivity index (χ0) is 13.7. The van der Waals surface area contributed by atoms with Crippen LogP contribution in [0.3, 0.4) is 0 Å². The lowest BCUT2D eigenvalue weighted by molar-refractivity contribution is 0.0722. The van der Waals surface area contributed by atoms with E-state index in [1.807, 2.05) is 25.1 Å². The summed E-state index contributed by atoms with van der Waals surface area (Å²) in [6.07, 6.45) is 3.99. The van der Waals surface area contributed by atoms with Gasteiger partial charge < -0.3 is 9.47 Å². The maximum atomic E-state index is 12.0. The number of rotatable bonds is 5. The van der Waals surface area contributed by atoms with E-state index in [1.54, 1.807) is 25.4 Å². The SMILES string of the molecule is CCOc1ccccc1OC(C)C(=O)n1ccnc1. The number of carbonyl (C=O) groups excluding carboxylic acids is 1. The summed E-state index contributed by atoms with van der Waals surface area (Å²) < 4.78 is 12.5. The van der Waals surface area contributed by atoms with Crippen molar-refractivity contribution in [2.24, 2.45) is 0 Å². The van der Waals surface area contributed by atoms with Crippen LogP contribution in [0, 0.1) is 0 Å². The van der Waals surface area contributed by atoms with Crippen molar-refractivity contribution in [3.05, 3.63) is 43.0 Å². The Morgan fingerprint density at radius 1 is 1.37 bits per heavy atom. The highest BCUT2D eigenvalue weighted by atomic mass is 16.5. The van der Waals surface area contributed by atoms with E-state index in [4.69, 9.17) is 9.47 Å². The molecule has 1 aromatic heterocycles. The van der Waals surface area contributed by atoms with E-state index in [2.05, 4.69) is 4.98 Å². The van der Waals surface area contributed by atoms with Gasteiger partial charge in [-0.2, -0.15) is 0 Å². The van der Waals surface area contributed by atoms with Crippen molar-refractivity contribution in [3.8, 4) is 11.5 Å². The number of carbonyl (C=O) groups is 1. The molecule has 0 aliphatic rings. The highest BCUT2D eigenvalue weighted by Crippen LogP contribution is 2.27. The summed E-state index contributed by atoms with van der Waals surface area (Å²) in [6.45, 7) is 4.14. The van der Waals surface area contributed by atoms with Crippen LogP contribution in [0.1, 0.15) is 18.6 Å². The number of para-hydroxylation sites is 2. The predicted octanol–water partition coefficient (Wildman–Crippen LogP) is 2.39. The van der Waals surface area contributed by atoms with Gasteiger partial charge >= 0.3 is 0 Å². The molecule has 100 valence electrons. The topological polar surface area (TPSA) is 53.4 Å². The molecular formula is C14H16N2O3. The summed E-state index contributed by atoms with van der Waals surface area (Å²) in [7, 11) is 0. The number of hydrogen-bond donors (Lipinski definition) is 0. The molecule has 1 unspecified atom stereocenters. The van der Waals surface area contributed by atoms with Crippen molar-refractivity contribution >= 4 is 5.91 Å². The van der Waals surface area contributed by atoms with Gasteiger partial charge in [0, 0.05) is 12.4 Å². The van der Waals surface area contributed by atoms with Crippen LogP contribution in [0.15, 0.2) is 43.0 Å². The zero-order valence-electron chi connectivity index (χ0n) is 10.9. The van der Waals surface area contributed by atoms with Crippen molar-refractivity contribution < 1.29 is 14.3 Å². The smallest absolute Gasteiger partial charge is 0.272 e. The molecule has 19 heavy (non-hydrogen) atoms. The van der Waals surface area contributed by atoms with E-state index in [9.17, 15) is 4.79 Å². The summed E-state index contributed by atoms with van der Waals surface area (Å²) in [5.41, 5.74) is 0. The largest absolute Gasteiger partial charge is 0.490 e. The summed E-state index contributed by atoms with van der Waals surface area (Å²) in [5, 5.41) is 0. The Balaban J connectivity index is 2.10. The number of hydrogen-bond acceptors (Lipinski definition) is 4. The number of ether oxygens (including phenoxy) is 2. The third-order valence-corrected chi connectivity index (χ3v) is 2.56. The molecule has 2 aromatic rings. The minimum absolute atomic E-state index is 0.177. The van der Waals surface area contributed by atoms with Gasteiger partial charge in [0.2, 0.25) is 0 Å². The summed E-state index contributed by atoms with van der Waals surface area (Å²) >= 11 is 0. The molecule has 0 fully saturated rings. The highest BCUT2D eigenvalue weighted by molar-refractivity contribution is 5.83. The van der Waals surface area contributed by atoms with Gasteiger partial charge in [0.25, 0.3) is 5.91 Å². The van der Waals surface area contributed by atoms with Crippen molar-refractivity contribution in [3.63, 3.8) is 0 Å². The van der Waals surface area contributed by atoms with Crippen LogP contribution in [0.2, 0.25) is 0 Å². The van der Waals surface area contributed by atoms with Crippen LogP contribution in [0.25, 0.3) is 0 Å². The predicted molar refractivity (Wildman–Crippen MR) is 70.6 cm³/mol. The number of aromatic nitrogens is 2. The summed E-state index contributed by atoms with van der Waals surface area (Å²) in [6, 6.07) is 7.29. The fourth-order valence-corrected chi connectivity index (χ4v) is 1.66. The first-order chi connectivity index (χ1) is 9.22. The van der Waals surface area contributed by atoms with Crippen molar-refractivity contribution in [2.75, 3.05) is 6.61 Å². The molecule has 0 spiro atoms. The third-order valence-electron chi connectivity index (χ3n) is 2.56. The lowest BCUT2D eigenvalue weighted by Gasteiger charge is -2.16. The lowest BCUT2D eigenvalue weighted by Crippen LogP contribution is -2.28. The molecule has 0 bridgehead atoms. The average Bonchev–Trinajstić information content (AvgIpc) is 2.94. The Kier molecular flexibility index (Phi) is 4.18. The molecule has 0 saturated carbocycles. The Bertz CT molecular complexity index is 537. The van der Waals surface area contributed by atoms with E-state index in [1.165, 1.54) is 10.9 Å². The molecule has 1 aromatic carbocycles. The van der Waals surface area contributed by atoms with Crippen LogP contribution in [-0.4, -0.2) is 28.2 Å². The average molecular weight is 260 g/mol. The fourth-order valence-electron chi connectivity index (χ4n) is 1.66. The summed E-state index contributed by atoms with van der Waals surface area (Å²) in [5.74, 6) is 1.02. The zero-order valence-corrected chi connectivity index (χ0v) is 10.9. The molecule has 5 heteroatoms. The maximum Gasteiger partial charge on any atom is 0.272 e. The Labute approximate surface area is 111 Å². The second-order valence-electron chi connectivity index (χ2n) is 3.95. The third kappa shape index (κ3) is 3.13. The van der Waals surface area contributed by atoms with E-state index in [0.717, 1.165) is 0 Å². The van der Waals surface area contributed by atoms with Gasteiger partial charge in [-0.1, -0.05) is 12.1 Å². The molecule has 0 saturated heterocycles. The minimum Gasteiger partial charge on any atom is -0.490 e.